The number of hydrogen-bond acceptors (Lipinski definition) is 4. The average molecular weight is 478 g/mol. The van der Waals surface area contributed by atoms with E-state index < -0.39 is 6.04 Å². The zero-order valence-electron chi connectivity index (χ0n) is 14.4. The molecule has 1 aliphatic rings. The normalized spacial score (nSPS) is 16.4. The van der Waals surface area contributed by atoms with Crippen molar-refractivity contribution < 1.29 is 13.9 Å². The molecule has 0 saturated carbocycles. The smallest absolute Gasteiger partial charge is 0.249 e. The van der Waals surface area contributed by atoms with Crippen molar-refractivity contribution in [1.82, 2.24) is 15.0 Å². The van der Waals surface area contributed by atoms with Crippen LogP contribution in [0.5, 0.6) is 5.75 Å². The second-order valence-electron chi connectivity index (χ2n) is 6.24. The molecule has 0 saturated heterocycles. The Morgan fingerprint density at radius 3 is 3.00 bits per heavy atom. The van der Waals surface area contributed by atoms with Gasteiger partial charge in [0.15, 0.2) is 0 Å². The Balaban J connectivity index is 1.62. The maximum atomic E-state index is 14.0. The van der Waals surface area contributed by atoms with Gasteiger partial charge < -0.3 is 10.1 Å². The van der Waals surface area contributed by atoms with E-state index in [2.05, 4.69) is 38.2 Å². The topological polar surface area (TPSA) is 69.0 Å². The third-order valence-electron chi connectivity index (χ3n) is 4.62. The van der Waals surface area contributed by atoms with Gasteiger partial charge in [-0.25, -0.2) is 9.07 Å². The molecule has 1 aromatic heterocycles. The molecule has 1 amide bonds. The van der Waals surface area contributed by atoms with Crippen LogP contribution >= 0.6 is 22.6 Å². The highest BCUT2D eigenvalue weighted by molar-refractivity contribution is 14.1. The number of halogens is 2. The number of rotatable bonds is 3. The lowest BCUT2D eigenvalue weighted by atomic mass is 10.1. The van der Waals surface area contributed by atoms with Gasteiger partial charge in [0.25, 0.3) is 0 Å². The summed E-state index contributed by atoms with van der Waals surface area (Å²) < 4.78 is 21.9. The highest BCUT2D eigenvalue weighted by atomic mass is 127. The van der Waals surface area contributed by atoms with Gasteiger partial charge in [0.05, 0.1) is 16.9 Å². The van der Waals surface area contributed by atoms with Crippen molar-refractivity contribution in [2.24, 2.45) is 0 Å². The van der Waals surface area contributed by atoms with Crippen molar-refractivity contribution in [3.05, 3.63) is 57.5 Å². The minimum absolute atomic E-state index is 0.226. The van der Waals surface area contributed by atoms with E-state index >= 15 is 0 Å². The van der Waals surface area contributed by atoms with Crippen LogP contribution in [0, 0.1) is 9.39 Å². The molecule has 0 bridgehead atoms. The number of carbonyl (C=O) groups excluding carboxylic acids is 1. The summed E-state index contributed by atoms with van der Waals surface area (Å²) in [5.41, 5.74) is 2.54. The second-order valence-corrected chi connectivity index (χ2v) is 7.40. The minimum Gasteiger partial charge on any atom is -0.496 e. The summed E-state index contributed by atoms with van der Waals surface area (Å²) in [6.45, 7) is 0. The van der Waals surface area contributed by atoms with Crippen LogP contribution in [0.15, 0.2) is 42.6 Å². The fraction of sp³-hybridized carbons (Fsp3) is 0.211. The van der Waals surface area contributed by atoms with Crippen LogP contribution in [0.25, 0.3) is 11.3 Å². The SMILES string of the molecule is COc1cc(-c2cn(C3CCc4c(F)cccc4NC3=O)nn2)ccc1I. The molecule has 0 radical (unpaired) electrons. The number of methoxy groups -OCH3 is 1. The highest BCUT2D eigenvalue weighted by Crippen LogP contribution is 2.30. The van der Waals surface area contributed by atoms with Gasteiger partial charge in [0, 0.05) is 16.8 Å². The number of nitrogens with zero attached hydrogens (tertiary/aromatic N) is 3. The molecule has 1 unspecified atom stereocenters. The first-order valence-corrected chi connectivity index (χ1v) is 9.48. The van der Waals surface area contributed by atoms with Gasteiger partial charge in [-0.2, -0.15) is 0 Å². The largest absolute Gasteiger partial charge is 0.496 e. The molecule has 1 aliphatic heterocycles. The van der Waals surface area contributed by atoms with Crippen molar-refractivity contribution in [2.45, 2.75) is 18.9 Å². The first kappa shape index (κ1) is 17.9. The third kappa shape index (κ3) is 3.41. The van der Waals surface area contributed by atoms with E-state index in [1.54, 1.807) is 30.1 Å². The lowest BCUT2D eigenvalue weighted by molar-refractivity contribution is -0.119. The van der Waals surface area contributed by atoms with Crippen molar-refractivity contribution in [2.75, 3.05) is 12.4 Å². The first-order valence-electron chi connectivity index (χ1n) is 8.41. The fourth-order valence-electron chi connectivity index (χ4n) is 3.19. The molecule has 2 aromatic carbocycles. The summed E-state index contributed by atoms with van der Waals surface area (Å²) in [5, 5.41) is 11.1. The van der Waals surface area contributed by atoms with Crippen LogP contribution in [0.3, 0.4) is 0 Å². The predicted octanol–water partition coefficient (Wildman–Crippen LogP) is 3.82. The van der Waals surface area contributed by atoms with Crippen LogP contribution in [0.2, 0.25) is 0 Å². The first-order chi connectivity index (χ1) is 13.1. The Morgan fingerprint density at radius 1 is 1.33 bits per heavy atom. The fourth-order valence-corrected chi connectivity index (χ4v) is 3.75. The zero-order valence-corrected chi connectivity index (χ0v) is 16.6. The summed E-state index contributed by atoms with van der Waals surface area (Å²) in [6, 6.07) is 9.90. The quantitative estimate of drug-likeness (QED) is 0.582. The molecule has 0 fully saturated rings. The Hall–Kier alpha value is -2.49. The molecular formula is C19H16FIN4O2. The van der Waals surface area contributed by atoms with E-state index in [9.17, 15) is 9.18 Å². The van der Waals surface area contributed by atoms with Gasteiger partial charge in [-0.05, 0) is 59.7 Å². The summed E-state index contributed by atoms with van der Waals surface area (Å²) in [5.74, 6) is 0.218. The van der Waals surface area contributed by atoms with Crippen molar-refractivity contribution >= 4 is 34.2 Å². The number of ether oxygens (including phenoxy) is 1. The molecule has 27 heavy (non-hydrogen) atoms. The van der Waals surface area contributed by atoms with Crippen molar-refractivity contribution in [3.63, 3.8) is 0 Å². The monoisotopic (exact) mass is 478 g/mol. The van der Waals surface area contributed by atoms with Gasteiger partial charge in [-0.15, -0.1) is 5.10 Å². The van der Waals surface area contributed by atoms with Gasteiger partial charge in [0.2, 0.25) is 5.91 Å². The Labute approximate surface area is 168 Å². The van der Waals surface area contributed by atoms with Gasteiger partial charge >= 0.3 is 0 Å². The van der Waals surface area contributed by atoms with Gasteiger partial charge in [-0.1, -0.05) is 17.3 Å². The number of nitrogens with one attached hydrogen (secondary N) is 1. The predicted molar refractivity (Wildman–Crippen MR) is 107 cm³/mol. The highest BCUT2D eigenvalue weighted by Gasteiger charge is 2.27. The summed E-state index contributed by atoms with van der Waals surface area (Å²) in [6.07, 6.45) is 2.62. The molecule has 4 rings (SSSR count). The molecule has 8 heteroatoms. The second kappa shape index (κ2) is 7.26. The average Bonchev–Trinajstić information content (AvgIpc) is 3.07. The van der Waals surface area contributed by atoms with Crippen LogP contribution in [0.4, 0.5) is 10.1 Å². The van der Waals surface area contributed by atoms with Gasteiger partial charge in [-0.3, -0.25) is 4.79 Å². The number of amides is 1. The van der Waals surface area contributed by atoms with Crippen LogP contribution < -0.4 is 10.1 Å². The minimum atomic E-state index is -0.552. The number of aromatic nitrogens is 3. The standard InChI is InChI=1S/C19H16FIN4O2/c1-27-18-9-11(5-7-14(18)21)16-10-25(24-23-16)17-8-6-12-13(20)3-2-4-15(12)22-19(17)26/h2-5,7,9-10,17H,6,8H2,1H3,(H,22,26). The van der Waals surface area contributed by atoms with Crippen LogP contribution in [-0.4, -0.2) is 28.0 Å². The zero-order chi connectivity index (χ0) is 19.0. The molecule has 138 valence electrons. The molecule has 1 N–H and O–H groups in total. The number of fused-ring (bicyclic) bond motifs is 1. The maximum absolute atomic E-state index is 14.0. The molecule has 6 nitrogen and oxygen atoms in total. The molecule has 3 aromatic rings. The van der Waals surface area contributed by atoms with E-state index in [1.807, 2.05) is 18.2 Å². The number of hydrogen-bond donors (Lipinski definition) is 1. The summed E-state index contributed by atoms with van der Waals surface area (Å²) in [4.78, 5) is 12.6. The van der Waals surface area contributed by atoms with E-state index in [-0.39, 0.29) is 11.7 Å². The van der Waals surface area contributed by atoms with Crippen molar-refractivity contribution in [3.8, 4) is 17.0 Å². The third-order valence-corrected chi connectivity index (χ3v) is 5.51. The molecule has 2 heterocycles. The van der Waals surface area contributed by atoms with Crippen LogP contribution in [-0.2, 0) is 11.2 Å². The molecule has 0 aliphatic carbocycles. The Morgan fingerprint density at radius 2 is 2.19 bits per heavy atom. The van der Waals surface area contributed by atoms with E-state index in [1.165, 1.54) is 6.07 Å². The van der Waals surface area contributed by atoms with Gasteiger partial charge in [0.1, 0.15) is 23.3 Å². The lowest BCUT2D eigenvalue weighted by Crippen LogP contribution is -2.25. The van der Waals surface area contributed by atoms with E-state index in [0.717, 1.165) is 14.9 Å². The van der Waals surface area contributed by atoms with Crippen LogP contribution in [0.1, 0.15) is 18.0 Å². The number of carbonyl (C=O) groups is 1. The van der Waals surface area contributed by atoms with E-state index in [0.29, 0.717) is 29.8 Å². The molecule has 0 spiro atoms. The molecular weight excluding hydrogens is 462 g/mol. The lowest BCUT2D eigenvalue weighted by Gasteiger charge is -2.12. The summed E-state index contributed by atoms with van der Waals surface area (Å²) in [7, 11) is 1.62. The number of benzene rings is 2. The summed E-state index contributed by atoms with van der Waals surface area (Å²) >= 11 is 2.20. The van der Waals surface area contributed by atoms with E-state index in [4.69, 9.17) is 4.74 Å². The van der Waals surface area contributed by atoms with Crippen molar-refractivity contribution in [1.29, 1.82) is 0 Å². The molecule has 1 atom stereocenters. The Kier molecular flexibility index (Phi) is 4.81. The number of anilines is 1. The maximum Gasteiger partial charge on any atom is 0.249 e. The Bertz CT molecular complexity index is 1020.